The Morgan fingerprint density at radius 3 is 2.60 bits per heavy atom. The van der Waals surface area contributed by atoms with Crippen molar-refractivity contribution in [2.45, 2.75) is 20.4 Å². The molecule has 4 heteroatoms. The van der Waals surface area contributed by atoms with Gasteiger partial charge in [0.05, 0.1) is 18.4 Å². The van der Waals surface area contributed by atoms with Gasteiger partial charge in [-0.05, 0) is 37.1 Å². The van der Waals surface area contributed by atoms with Crippen molar-refractivity contribution in [2.24, 2.45) is 0 Å². The van der Waals surface area contributed by atoms with Gasteiger partial charge in [-0.15, -0.1) is 0 Å². The number of nitrogens with one attached hydrogen (secondary N) is 1. The number of hydrogen-bond acceptors (Lipinski definition) is 4. The van der Waals surface area contributed by atoms with Gasteiger partial charge in [0.15, 0.2) is 0 Å². The third-order valence-corrected chi connectivity index (χ3v) is 3.21. The van der Waals surface area contributed by atoms with Gasteiger partial charge in [-0.2, -0.15) is 0 Å². The first kappa shape index (κ1) is 14.1. The van der Waals surface area contributed by atoms with Crippen molar-refractivity contribution < 1.29 is 9.53 Å². The molecule has 2 rings (SSSR count). The second-order valence-electron chi connectivity index (χ2n) is 4.60. The van der Waals surface area contributed by atoms with Crippen molar-refractivity contribution in [1.29, 1.82) is 0 Å². The zero-order valence-electron chi connectivity index (χ0n) is 11.9. The Bertz CT molecular complexity index is 624. The summed E-state index contributed by atoms with van der Waals surface area (Å²) in [4.78, 5) is 15.9. The third-order valence-electron chi connectivity index (χ3n) is 3.21. The van der Waals surface area contributed by atoms with Crippen molar-refractivity contribution in [3.8, 4) is 0 Å². The average molecular weight is 270 g/mol. The van der Waals surface area contributed by atoms with Gasteiger partial charge in [0.1, 0.15) is 5.82 Å². The first-order valence-electron chi connectivity index (χ1n) is 6.46. The Morgan fingerprint density at radius 1 is 1.20 bits per heavy atom. The number of nitrogens with zero attached hydrogens (tertiary/aromatic N) is 1. The second kappa shape index (κ2) is 6.19. The minimum absolute atomic E-state index is 0.361. The average Bonchev–Trinajstić information content (AvgIpc) is 2.46. The van der Waals surface area contributed by atoms with Crippen LogP contribution in [0.4, 0.5) is 5.82 Å². The maximum absolute atomic E-state index is 11.5. The molecule has 20 heavy (non-hydrogen) atoms. The number of carbonyl (C=O) groups is 1. The van der Waals surface area contributed by atoms with Gasteiger partial charge in [0, 0.05) is 6.54 Å². The number of benzene rings is 1. The maximum Gasteiger partial charge on any atom is 0.339 e. The Kier molecular flexibility index (Phi) is 4.35. The first-order chi connectivity index (χ1) is 9.61. The van der Waals surface area contributed by atoms with Gasteiger partial charge in [-0.25, -0.2) is 9.78 Å². The van der Waals surface area contributed by atoms with Crippen molar-refractivity contribution in [2.75, 3.05) is 12.4 Å². The van der Waals surface area contributed by atoms with E-state index in [-0.39, 0.29) is 5.97 Å². The third kappa shape index (κ3) is 3.15. The Morgan fingerprint density at radius 2 is 1.95 bits per heavy atom. The fraction of sp³-hybridized carbons (Fsp3) is 0.250. The number of carbonyl (C=O) groups excluding carboxylic acids is 1. The number of rotatable bonds is 4. The lowest BCUT2D eigenvalue weighted by atomic mass is 10.1. The summed E-state index contributed by atoms with van der Waals surface area (Å²) in [6.07, 6.45) is 0. The van der Waals surface area contributed by atoms with Crippen molar-refractivity contribution in [3.63, 3.8) is 0 Å². The fourth-order valence-corrected chi connectivity index (χ4v) is 1.98. The number of anilines is 1. The monoisotopic (exact) mass is 270 g/mol. The molecule has 0 aliphatic heterocycles. The minimum Gasteiger partial charge on any atom is -0.465 e. The van der Waals surface area contributed by atoms with Gasteiger partial charge >= 0.3 is 5.97 Å². The molecule has 1 aromatic carbocycles. The quantitative estimate of drug-likeness (QED) is 0.867. The van der Waals surface area contributed by atoms with E-state index >= 15 is 0 Å². The summed E-state index contributed by atoms with van der Waals surface area (Å²) >= 11 is 0. The van der Waals surface area contributed by atoms with Gasteiger partial charge < -0.3 is 10.1 Å². The molecular weight excluding hydrogens is 252 g/mol. The van der Waals surface area contributed by atoms with E-state index in [1.54, 1.807) is 19.1 Å². The molecule has 0 unspecified atom stereocenters. The van der Waals surface area contributed by atoms with Gasteiger partial charge in [0.25, 0.3) is 0 Å². The molecule has 2 aromatic rings. The molecule has 0 saturated carbocycles. The van der Waals surface area contributed by atoms with Crippen molar-refractivity contribution >= 4 is 11.8 Å². The Labute approximate surface area is 118 Å². The number of esters is 1. The van der Waals surface area contributed by atoms with Gasteiger partial charge in [-0.3, -0.25) is 0 Å². The zero-order chi connectivity index (χ0) is 14.5. The van der Waals surface area contributed by atoms with E-state index in [4.69, 9.17) is 4.74 Å². The molecule has 1 heterocycles. The van der Waals surface area contributed by atoms with Crippen molar-refractivity contribution in [1.82, 2.24) is 4.98 Å². The van der Waals surface area contributed by atoms with E-state index in [0.29, 0.717) is 17.8 Å². The highest BCUT2D eigenvalue weighted by Crippen LogP contribution is 2.14. The highest BCUT2D eigenvalue weighted by atomic mass is 16.5. The lowest BCUT2D eigenvalue weighted by molar-refractivity contribution is 0.0599. The first-order valence-corrected chi connectivity index (χ1v) is 6.46. The molecule has 0 amide bonds. The van der Waals surface area contributed by atoms with Crippen LogP contribution in [0.25, 0.3) is 0 Å². The van der Waals surface area contributed by atoms with Crippen LogP contribution in [0, 0.1) is 13.8 Å². The fourth-order valence-electron chi connectivity index (χ4n) is 1.98. The summed E-state index contributed by atoms with van der Waals surface area (Å²) in [6, 6.07) is 11.7. The number of hydrogen-bond donors (Lipinski definition) is 1. The number of ether oxygens (including phenoxy) is 1. The molecule has 104 valence electrons. The molecular formula is C16H18N2O2. The highest BCUT2D eigenvalue weighted by Gasteiger charge is 2.10. The predicted octanol–water partition coefficient (Wildman–Crippen LogP) is 3.10. The smallest absolute Gasteiger partial charge is 0.339 e. The largest absolute Gasteiger partial charge is 0.465 e. The zero-order valence-corrected chi connectivity index (χ0v) is 11.9. The molecule has 0 spiro atoms. The topological polar surface area (TPSA) is 51.2 Å². The van der Waals surface area contributed by atoms with Crippen molar-refractivity contribution in [3.05, 3.63) is 58.8 Å². The van der Waals surface area contributed by atoms with E-state index in [9.17, 15) is 4.79 Å². The minimum atomic E-state index is -0.361. The summed E-state index contributed by atoms with van der Waals surface area (Å²) in [7, 11) is 1.37. The normalized spacial score (nSPS) is 10.2. The molecule has 0 aliphatic carbocycles. The van der Waals surface area contributed by atoms with Gasteiger partial charge in [-0.1, -0.05) is 24.3 Å². The Balaban J connectivity index is 2.10. The lowest BCUT2D eigenvalue weighted by Gasteiger charge is -2.10. The van der Waals surface area contributed by atoms with E-state index in [1.807, 2.05) is 12.1 Å². The second-order valence-corrected chi connectivity index (χ2v) is 4.60. The molecule has 0 radical (unpaired) electrons. The number of aromatic nitrogens is 1. The van der Waals surface area contributed by atoms with Crippen LogP contribution in [-0.2, 0) is 11.3 Å². The molecule has 0 fully saturated rings. The maximum atomic E-state index is 11.5. The predicted molar refractivity (Wildman–Crippen MR) is 78.8 cm³/mol. The number of pyridine rings is 1. The molecule has 1 aromatic heterocycles. The summed E-state index contributed by atoms with van der Waals surface area (Å²) in [5.74, 6) is 0.388. The number of aryl methyl sites for hydroxylation is 2. The summed E-state index contributed by atoms with van der Waals surface area (Å²) < 4.78 is 4.70. The van der Waals surface area contributed by atoms with Gasteiger partial charge in [0.2, 0.25) is 0 Å². The van der Waals surface area contributed by atoms with E-state index in [1.165, 1.54) is 18.2 Å². The summed E-state index contributed by atoms with van der Waals surface area (Å²) in [6.45, 7) is 4.58. The van der Waals surface area contributed by atoms with Crippen LogP contribution in [-0.4, -0.2) is 18.1 Å². The summed E-state index contributed by atoms with van der Waals surface area (Å²) in [5.41, 5.74) is 3.62. The van der Waals surface area contributed by atoms with Crippen LogP contribution in [0.1, 0.15) is 27.2 Å². The molecule has 0 aliphatic rings. The molecule has 1 N–H and O–H groups in total. The highest BCUT2D eigenvalue weighted by molar-refractivity contribution is 5.90. The standard InChI is InChI=1S/C16H18N2O2/c1-11-6-4-5-7-13(11)10-17-15-9-8-14(12(2)18-15)16(19)20-3/h4-9H,10H2,1-3H3,(H,17,18). The SMILES string of the molecule is COC(=O)c1ccc(NCc2ccccc2C)nc1C. The summed E-state index contributed by atoms with van der Waals surface area (Å²) in [5, 5.41) is 3.26. The number of methoxy groups -OCH3 is 1. The van der Waals surface area contributed by atoms with Crippen LogP contribution >= 0.6 is 0 Å². The van der Waals surface area contributed by atoms with E-state index < -0.39 is 0 Å². The van der Waals surface area contributed by atoms with Crippen LogP contribution in [0.15, 0.2) is 36.4 Å². The lowest BCUT2D eigenvalue weighted by Crippen LogP contribution is -2.08. The molecule has 0 saturated heterocycles. The van der Waals surface area contributed by atoms with Crippen LogP contribution < -0.4 is 5.32 Å². The molecule has 0 atom stereocenters. The Hall–Kier alpha value is -2.36. The van der Waals surface area contributed by atoms with E-state index in [0.717, 1.165) is 5.82 Å². The molecule has 4 nitrogen and oxygen atoms in total. The van der Waals surface area contributed by atoms with Crippen LogP contribution in [0.5, 0.6) is 0 Å². The van der Waals surface area contributed by atoms with Crippen LogP contribution in [0.2, 0.25) is 0 Å². The van der Waals surface area contributed by atoms with Crippen LogP contribution in [0.3, 0.4) is 0 Å². The van der Waals surface area contributed by atoms with E-state index in [2.05, 4.69) is 29.4 Å². The molecule has 0 bridgehead atoms.